The molecule has 1 fully saturated rings. The van der Waals surface area contributed by atoms with Gasteiger partial charge in [-0.15, -0.1) is 0 Å². The van der Waals surface area contributed by atoms with Crippen molar-refractivity contribution in [2.24, 2.45) is 18.2 Å². The molecule has 18 heavy (non-hydrogen) atoms. The number of nitrogens with zero attached hydrogens (tertiary/aromatic N) is 1. The van der Waals surface area contributed by atoms with Crippen LogP contribution in [0.5, 0.6) is 0 Å². The van der Waals surface area contributed by atoms with Crippen LogP contribution in [-0.4, -0.2) is 17.7 Å². The third kappa shape index (κ3) is 2.04. The van der Waals surface area contributed by atoms with Gasteiger partial charge < -0.3 is 15.6 Å². The molecule has 1 saturated carbocycles. The van der Waals surface area contributed by atoms with Gasteiger partial charge in [0.25, 0.3) is 0 Å². The second-order valence-corrected chi connectivity index (χ2v) is 5.59. The largest absolute Gasteiger partial charge is 0.350 e. The number of hydrogen-bond donors (Lipinski definition) is 2. The second-order valence-electron chi connectivity index (χ2n) is 5.59. The lowest BCUT2D eigenvalue weighted by Crippen LogP contribution is -2.29. The van der Waals surface area contributed by atoms with Crippen molar-refractivity contribution in [3.8, 4) is 0 Å². The highest BCUT2D eigenvalue weighted by Gasteiger charge is 2.40. The van der Waals surface area contributed by atoms with Crippen molar-refractivity contribution in [3.05, 3.63) is 36.0 Å². The van der Waals surface area contributed by atoms with Crippen LogP contribution in [0.25, 0.3) is 10.9 Å². The molecule has 3 nitrogen and oxygen atoms in total. The van der Waals surface area contributed by atoms with E-state index in [2.05, 4.69) is 47.4 Å². The summed E-state index contributed by atoms with van der Waals surface area (Å²) in [6.07, 6.45) is 4.79. The van der Waals surface area contributed by atoms with Gasteiger partial charge in [0.15, 0.2) is 0 Å². The Morgan fingerprint density at radius 1 is 1.33 bits per heavy atom. The van der Waals surface area contributed by atoms with Crippen LogP contribution in [0, 0.1) is 5.41 Å². The van der Waals surface area contributed by atoms with Crippen LogP contribution >= 0.6 is 0 Å². The summed E-state index contributed by atoms with van der Waals surface area (Å²) < 4.78 is 2.20. The quantitative estimate of drug-likeness (QED) is 0.843. The van der Waals surface area contributed by atoms with E-state index < -0.39 is 0 Å². The fourth-order valence-corrected chi connectivity index (χ4v) is 2.66. The fraction of sp³-hybridized carbons (Fsp3) is 0.467. The molecule has 0 bridgehead atoms. The van der Waals surface area contributed by atoms with Gasteiger partial charge in [-0.05, 0) is 36.4 Å². The first-order valence-corrected chi connectivity index (χ1v) is 6.68. The summed E-state index contributed by atoms with van der Waals surface area (Å²) in [5, 5.41) is 4.92. The zero-order valence-corrected chi connectivity index (χ0v) is 10.9. The molecular formula is C15H21N3. The zero-order valence-electron chi connectivity index (χ0n) is 10.9. The first-order valence-electron chi connectivity index (χ1n) is 6.68. The Morgan fingerprint density at radius 2 is 2.11 bits per heavy atom. The summed E-state index contributed by atoms with van der Waals surface area (Å²) in [5.41, 5.74) is 8.88. The minimum absolute atomic E-state index is 0.407. The Morgan fingerprint density at radius 3 is 2.83 bits per heavy atom. The lowest BCUT2D eigenvalue weighted by molar-refractivity contribution is 0.468. The maximum absolute atomic E-state index is 5.80. The molecule has 1 aliphatic rings. The standard InChI is InChI=1S/C15H21N3/c1-18-9-12(13-4-2-3-5-14(13)18)8-17-11-15(10-16)6-7-15/h2-5,9,17H,6-8,10-11,16H2,1H3. The van der Waals surface area contributed by atoms with Crippen LogP contribution in [0.3, 0.4) is 0 Å². The number of aryl methyl sites for hydroxylation is 1. The minimum Gasteiger partial charge on any atom is -0.350 e. The smallest absolute Gasteiger partial charge is 0.0481 e. The number of rotatable bonds is 5. The molecule has 0 saturated heterocycles. The van der Waals surface area contributed by atoms with E-state index in [9.17, 15) is 0 Å². The molecule has 0 aliphatic heterocycles. The molecule has 0 unspecified atom stereocenters. The van der Waals surface area contributed by atoms with Gasteiger partial charge in [0.2, 0.25) is 0 Å². The van der Waals surface area contributed by atoms with Crippen LogP contribution in [0.1, 0.15) is 18.4 Å². The lowest BCUT2D eigenvalue weighted by Gasteiger charge is -2.12. The molecule has 0 amide bonds. The van der Waals surface area contributed by atoms with E-state index in [1.807, 2.05) is 0 Å². The molecule has 1 aromatic carbocycles. The molecule has 0 spiro atoms. The summed E-state index contributed by atoms with van der Waals surface area (Å²) in [4.78, 5) is 0. The number of nitrogens with two attached hydrogens (primary N) is 1. The molecule has 0 atom stereocenters. The third-order valence-electron chi connectivity index (χ3n) is 4.19. The predicted octanol–water partition coefficient (Wildman–Crippen LogP) is 2.01. The summed E-state index contributed by atoms with van der Waals surface area (Å²) in [6, 6.07) is 8.56. The lowest BCUT2D eigenvalue weighted by atomic mass is 10.1. The SMILES string of the molecule is Cn1cc(CNCC2(CN)CC2)c2ccccc21. The monoisotopic (exact) mass is 243 g/mol. The second kappa shape index (κ2) is 4.41. The van der Waals surface area contributed by atoms with Gasteiger partial charge in [-0.3, -0.25) is 0 Å². The van der Waals surface area contributed by atoms with Gasteiger partial charge in [-0.1, -0.05) is 18.2 Å². The normalized spacial score (nSPS) is 17.2. The molecule has 1 aliphatic carbocycles. The Labute approximate surface area is 108 Å². The van der Waals surface area contributed by atoms with Crippen molar-refractivity contribution in [2.45, 2.75) is 19.4 Å². The maximum Gasteiger partial charge on any atom is 0.0481 e. The highest BCUT2D eigenvalue weighted by atomic mass is 14.9. The van der Waals surface area contributed by atoms with Crippen molar-refractivity contribution < 1.29 is 0 Å². The minimum atomic E-state index is 0.407. The van der Waals surface area contributed by atoms with E-state index in [1.54, 1.807) is 0 Å². The third-order valence-corrected chi connectivity index (χ3v) is 4.19. The van der Waals surface area contributed by atoms with Gasteiger partial charge in [-0.2, -0.15) is 0 Å². The maximum atomic E-state index is 5.80. The van der Waals surface area contributed by atoms with Crippen molar-refractivity contribution in [1.29, 1.82) is 0 Å². The van der Waals surface area contributed by atoms with Crippen molar-refractivity contribution >= 4 is 10.9 Å². The number of nitrogens with one attached hydrogen (secondary N) is 1. The van der Waals surface area contributed by atoms with Crippen molar-refractivity contribution in [1.82, 2.24) is 9.88 Å². The predicted molar refractivity (Wildman–Crippen MR) is 75.3 cm³/mol. The molecular weight excluding hydrogens is 222 g/mol. The van der Waals surface area contributed by atoms with E-state index in [1.165, 1.54) is 29.3 Å². The van der Waals surface area contributed by atoms with Gasteiger partial charge in [0, 0.05) is 37.2 Å². The molecule has 3 heteroatoms. The van der Waals surface area contributed by atoms with E-state index in [-0.39, 0.29) is 0 Å². The molecule has 3 rings (SSSR count). The average Bonchev–Trinajstić information content (AvgIpc) is 3.11. The van der Waals surface area contributed by atoms with Gasteiger partial charge in [0.05, 0.1) is 0 Å². The van der Waals surface area contributed by atoms with Gasteiger partial charge in [-0.25, -0.2) is 0 Å². The molecule has 96 valence electrons. The molecule has 3 N–H and O–H groups in total. The van der Waals surface area contributed by atoms with Crippen LogP contribution in [0.2, 0.25) is 0 Å². The van der Waals surface area contributed by atoms with E-state index in [4.69, 9.17) is 5.73 Å². The van der Waals surface area contributed by atoms with Gasteiger partial charge in [0.1, 0.15) is 0 Å². The molecule has 0 radical (unpaired) electrons. The number of aromatic nitrogens is 1. The molecule has 2 aromatic rings. The van der Waals surface area contributed by atoms with E-state index in [0.29, 0.717) is 5.41 Å². The summed E-state index contributed by atoms with van der Waals surface area (Å²) >= 11 is 0. The average molecular weight is 243 g/mol. The van der Waals surface area contributed by atoms with Crippen LogP contribution in [-0.2, 0) is 13.6 Å². The van der Waals surface area contributed by atoms with Crippen LogP contribution in [0.15, 0.2) is 30.5 Å². The fourth-order valence-electron chi connectivity index (χ4n) is 2.66. The van der Waals surface area contributed by atoms with Crippen LogP contribution < -0.4 is 11.1 Å². The Hall–Kier alpha value is -1.32. The van der Waals surface area contributed by atoms with E-state index in [0.717, 1.165) is 19.6 Å². The number of fused-ring (bicyclic) bond motifs is 1. The number of benzene rings is 1. The summed E-state index contributed by atoms with van der Waals surface area (Å²) in [5.74, 6) is 0. The Balaban J connectivity index is 1.71. The Kier molecular flexibility index (Phi) is 2.88. The van der Waals surface area contributed by atoms with Crippen molar-refractivity contribution in [3.63, 3.8) is 0 Å². The van der Waals surface area contributed by atoms with Crippen molar-refractivity contribution in [2.75, 3.05) is 13.1 Å². The topological polar surface area (TPSA) is 43.0 Å². The molecule has 1 heterocycles. The van der Waals surface area contributed by atoms with E-state index >= 15 is 0 Å². The summed E-state index contributed by atoms with van der Waals surface area (Å²) in [6.45, 7) is 2.80. The highest BCUT2D eigenvalue weighted by molar-refractivity contribution is 5.83. The number of hydrogen-bond acceptors (Lipinski definition) is 2. The Bertz CT molecular complexity index is 552. The zero-order chi connectivity index (χ0) is 12.6. The van der Waals surface area contributed by atoms with Crippen LogP contribution in [0.4, 0.5) is 0 Å². The summed E-state index contributed by atoms with van der Waals surface area (Å²) in [7, 11) is 2.11. The van der Waals surface area contributed by atoms with Gasteiger partial charge >= 0.3 is 0 Å². The first-order chi connectivity index (χ1) is 8.74. The molecule has 1 aromatic heterocycles. The first kappa shape index (κ1) is 11.8. The number of para-hydroxylation sites is 1. The highest BCUT2D eigenvalue weighted by Crippen LogP contribution is 2.43.